The van der Waals surface area contributed by atoms with Gasteiger partial charge in [-0.25, -0.2) is 9.18 Å². The first-order valence-electron chi connectivity index (χ1n) is 4.52. The molecule has 76 valence electrons. The normalized spacial score (nSPS) is 12.2. The van der Waals surface area contributed by atoms with Crippen molar-refractivity contribution in [2.75, 3.05) is 6.61 Å². The Morgan fingerprint density at radius 3 is 2.86 bits per heavy atom. The molecule has 0 aliphatic rings. The number of aryl methyl sites for hydroxylation is 1. The van der Waals surface area contributed by atoms with Gasteiger partial charge in [0.25, 0.3) is 0 Å². The van der Waals surface area contributed by atoms with Crippen molar-refractivity contribution in [2.24, 2.45) is 0 Å². The molecule has 0 aliphatic carbocycles. The number of hydrogen-bond acceptors (Lipinski definition) is 2. The van der Waals surface area contributed by atoms with E-state index in [0.29, 0.717) is 5.56 Å². The topological polar surface area (TPSA) is 26.3 Å². The van der Waals surface area contributed by atoms with Crippen LogP contribution in [0.5, 0.6) is 0 Å². The summed E-state index contributed by atoms with van der Waals surface area (Å²) < 4.78 is 18.0. The Balaban J connectivity index is 2.78. The van der Waals surface area contributed by atoms with Crippen LogP contribution in [-0.2, 0) is 9.53 Å². The van der Waals surface area contributed by atoms with E-state index in [1.165, 1.54) is 0 Å². The lowest BCUT2D eigenvalue weighted by atomic mass is 10.1. The van der Waals surface area contributed by atoms with Gasteiger partial charge in [0.1, 0.15) is 0 Å². The minimum Gasteiger partial charge on any atom is -0.464 e. The molecule has 0 saturated heterocycles. The van der Waals surface area contributed by atoms with Gasteiger partial charge in [-0.15, -0.1) is 0 Å². The molecule has 1 aromatic rings. The molecule has 0 heterocycles. The fourth-order valence-corrected chi connectivity index (χ4v) is 1.18. The Kier molecular flexibility index (Phi) is 3.63. The van der Waals surface area contributed by atoms with Crippen LogP contribution in [0.15, 0.2) is 24.3 Å². The average molecular weight is 196 g/mol. The predicted molar refractivity (Wildman–Crippen MR) is 51.7 cm³/mol. The molecular formula is C11H13FO2. The van der Waals surface area contributed by atoms with Crippen molar-refractivity contribution < 1.29 is 13.9 Å². The second kappa shape index (κ2) is 4.74. The van der Waals surface area contributed by atoms with Gasteiger partial charge in [-0.3, -0.25) is 0 Å². The third-order valence-corrected chi connectivity index (χ3v) is 1.83. The van der Waals surface area contributed by atoms with Crippen molar-refractivity contribution in [3.8, 4) is 0 Å². The van der Waals surface area contributed by atoms with Crippen molar-refractivity contribution in [1.82, 2.24) is 0 Å². The first kappa shape index (κ1) is 10.7. The van der Waals surface area contributed by atoms with Crippen LogP contribution in [0.25, 0.3) is 0 Å². The number of carbonyl (C=O) groups is 1. The molecule has 1 aromatic carbocycles. The Bertz CT molecular complexity index is 323. The van der Waals surface area contributed by atoms with Crippen LogP contribution in [0.1, 0.15) is 24.2 Å². The molecule has 0 bridgehead atoms. The monoisotopic (exact) mass is 196 g/mol. The van der Waals surface area contributed by atoms with Crippen molar-refractivity contribution in [3.63, 3.8) is 0 Å². The van der Waals surface area contributed by atoms with E-state index in [1.807, 2.05) is 13.0 Å². The van der Waals surface area contributed by atoms with Crippen molar-refractivity contribution in [1.29, 1.82) is 0 Å². The van der Waals surface area contributed by atoms with Crippen LogP contribution in [0.2, 0.25) is 0 Å². The number of benzene rings is 1. The summed E-state index contributed by atoms with van der Waals surface area (Å²) in [5.74, 6) is -0.821. The van der Waals surface area contributed by atoms with Gasteiger partial charge < -0.3 is 4.74 Å². The maximum absolute atomic E-state index is 13.4. The van der Waals surface area contributed by atoms with Crippen LogP contribution >= 0.6 is 0 Å². The van der Waals surface area contributed by atoms with Gasteiger partial charge in [-0.1, -0.05) is 29.8 Å². The van der Waals surface area contributed by atoms with Gasteiger partial charge in [-0.05, 0) is 19.4 Å². The highest BCUT2D eigenvalue weighted by Gasteiger charge is 2.20. The van der Waals surface area contributed by atoms with Gasteiger partial charge in [0.15, 0.2) is 0 Å². The molecule has 0 N–H and O–H groups in total. The predicted octanol–water partition coefficient (Wildman–Crippen LogP) is 2.57. The van der Waals surface area contributed by atoms with Gasteiger partial charge in [0, 0.05) is 0 Å². The SMILES string of the molecule is CCOC(=O)[C@@H](F)c1cccc(C)c1. The maximum Gasteiger partial charge on any atom is 0.345 e. The van der Waals surface area contributed by atoms with Crippen LogP contribution < -0.4 is 0 Å². The summed E-state index contributed by atoms with van der Waals surface area (Å²) in [6.45, 7) is 3.70. The molecule has 2 nitrogen and oxygen atoms in total. The fourth-order valence-electron chi connectivity index (χ4n) is 1.18. The van der Waals surface area contributed by atoms with Crippen molar-refractivity contribution in [3.05, 3.63) is 35.4 Å². The quantitative estimate of drug-likeness (QED) is 0.694. The molecule has 1 rings (SSSR count). The summed E-state index contributed by atoms with van der Waals surface area (Å²) in [7, 11) is 0. The van der Waals surface area contributed by atoms with Gasteiger partial charge in [0.2, 0.25) is 6.17 Å². The highest BCUT2D eigenvalue weighted by molar-refractivity contribution is 5.76. The van der Waals surface area contributed by atoms with E-state index in [0.717, 1.165) is 5.56 Å². The highest BCUT2D eigenvalue weighted by atomic mass is 19.1. The molecule has 0 unspecified atom stereocenters. The van der Waals surface area contributed by atoms with Crippen molar-refractivity contribution >= 4 is 5.97 Å². The smallest absolute Gasteiger partial charge is 0.345 e. The second-order valence-electron chi connectivity index (χ2n) is 3.03. The standard InChI is InChI=1S/C11H13FO2/c1-3-14-11(13)10(12)9-6-4-5-8(2)7-9/h4-7,10H,3H2,1-2H3/t10-/m0/s1. The molecule has 0 spiro atoms. The van der Waals surface area contributed by atoms with Gasteiger partial charge in [-0.2, -0.15) is 0 Å². The summed E-state index contributed by atoms with van der Waals surface area (Å²) in [5, 5.41) is 0. The Labute approximate surface area is 82.7 Å². The number of halogens is 1. The molecule has 0 aromatic heterocycles. The summed E-state index contributed by atoms with van der Waals surface area (Å²) >= 11 is 0. The zero-order valence-corrected chi connectivity index (χ0v) is 8.29. The molecule has 0 radical (unpaired) electrons. The van der Waals surface area contributed by atoms with E-state index < -0.39 is 12.1 Å². The van der Waals surface area contributed by atoms with Crippen LogP contribution in [0, 0.1) is 6.92 Å². The summed E-state index contributed by atoms with van der Waals surface area (Å²) in [6.07, 6.45) is -1.67. The molecule has 0 amide bonds. The van der Waals surface area contributed by atoms with Crippen LogP contribution in [0.4, 0.5) is 4.39 Å². The number of carbonyl (C=O) groups excluding carboxylic acids is 1. The van der Waals surface area contributed by atoms with E-state index in [9.17, 15) is 9.18 Å². The van der Waals surface area contributed by atoms with Gasteiger partial charge >= 0.3 is 5.97 Å². The lowest BCUT2D eigenvalue weighted by Gasteiger charge is -2.07. The lowest BCUT2D eigenvalue weighted by Crippen LogP contribution is -2.11. The van der Waals surface area contributed by atoms with E-state index in [-0.39, 0.29) is 6.61 Å². The summed E-state index contributed by atoms with van der Waals surface area (Å²) in [5.41, 5.74) is 1.28. The molecule has 0 saturated carbocycles. The lowest BCUT2D eigenvalue weighted by molar-refractivity contribution is -0.149. The second-order valence-corrected chi connectivity index (χ2v) is 3.03. The maximum atomic E-state index is 13.4. The third kappa shape index (κ3) is 2.55. The molecule has 0 aliphatic heterocycles. The number of rotatable bonds is 3. The fraction of sp³-hybridized carbons (Fsp3) is 0.364. The van der Waals surface area contributed by atoms with Gasteiger partial charge in [0.05, 0.1) is 6.61 Å². The number of hydrogen-bond donors (Lipinski definition) is 0. The van der Waals surface area contributed by atoms with E-state index >= 15 is 0 Å². The Hall–Kier alpha value is -1.38. The Morgan fingerprint density at radius 2 is 2.29 bits per heavy atom. The van der Waals surface area contributed by atoms with Crippen molar-refractivity contribution in [2.45, 2.75) is 20.0 Å². The number of alkyl halides is 1. The minimum absolute atomic E-state index is 0.199. The first-order valence-corrected chi connectivity index (χ1v) is 4.52. The van der Waals surface area contributed by atoms with E-state index in [2.05, 4.69) is 4.74 Å². The summed E-state index contributed by atoms with van der Waals surface area (Å²) in [4.78, 5) is 11.1. The Morgan fingerprint density at radius 1 is 1.57 bits per heavy atom. The van der Waals surface area contributed by atoms with Crippen LogP contribution in [-0.4, -0.2) is 12.6 Å². The zero-order valence-electron chi connectivity index (χ0n) is 8.29. The molecule has 0 fully saturated rings. The van der Waals surface area contributed by atoms with Crippen LogP contribution in [0.3, 0.4) is 0 Å². The van der Waals surface area contributed by atoms with E-state index in [1.54, 1.807) is 25.1 Å². The first-order chi connectivity index (χ1) is 6.65. The molecule has 1 atom stereocenters. The number of esters is 1. The molecule has 3 heteroatoms. The minimum atomic E-state index is -1.67. The zero-order chi connectivity index (χ0) is 10.6. The largest absolute Gasteiger partial charge is 0.464 e. The van der Waals surface area contributed by atoms with E-state index in [4.69, 9.17) is 0 Å². The number of ether oxygens (including phenoxy) is 1. The average Bonchev–Trinajstić information content (AvgIpc) is 2.17. The molecular weight excluding hydrogens is 183 g/mol. The summed E-state index contributed by atoms with van der Waals surface area (Å²) in [6, 6.07) is 6.79. The molecule has 14 heavy (non-hydrogen) atoms. The highest BCUT2D eigenvalue weighted by Crippen LogP contribution is 2.19. The third-order valence-electron chi connectivity index (χ3n) is 1.83.